The Kier molecular flexibility index (Phi) is 5.65. The maximum atomic E-state index is 13.0. The van der Waals surface area contributed by atoms with E-state index in [0.29, 0.717) is 23.7 Å². The number of ether oxygens (including phenoxy) is 2. The van der Waals surface area contributed by atoms with Gasteiger partial charge in [-0.3, -0.25) is 14.4 Å². The molecule has 1 aliphatic heterocycles. The van der Waals surface area contributed by atoms with Crippen molar-refractivity contribution in [3.05, 3.63) is 66.2 Å². The van der Waals surface area contributed by atoms with Gasteiger partial charge in [0.05, 0.1) is 35.4 Å². The Morgan fingerprint density at radius 2 is 1.71 bits per heavy atom. The molecule has 0 aromatic heterocycles. The van der Waals surface area contributed by atoms with Crippen LogP contribution >= 0.6 is 0 Å². The maximum Gasteiger partial charge on any atom is 0.338 e. The smallest absolute Gasteiger partial charge is 0.338 e. The van der Waals surface area contributed by atoms with Crippen molar-refractivity contribution >= 4 is 35.1 Å². The van der Waals surface area contributed by atoms with Gasteiger partial charge in [0.15, 0.2) is 6.61 Å². The molecule has 34 heavy (non-hydrogen) atoms. The summed E-state index contributed by atoms with van der Waals surface area (Å²) in [6.45, 7) is 1.79. The summed E-state index contributed by atoms with van der Waals surface area (Å²) in [7, 11) is 0. The van der Waals surface area contributed by atoms with E-state index < -0.39 is 18.5 Å². The van der Waals surface area contributed by atoms with Crippen LogP contribution in [0.25, 0.3) is 0 Å². The molecule has 8 heteroatoms. The monoisotopic (exact) mass is 460 g/mol. The van der Waals surface area contributed by atoms with Gasteiger partial charge in [0.1, 0.15) is 5.75 Å². The quantitative estimate of drug-likeness (QED) is 0.387. The molecule has 0 unspecified atom stereocenters. The van der Waals surface area contributed by atoms with Crippen LogP contribution in [0.3, 0.4) is 0 Å². The third-order valence-electron chi connectivity index (χ3n) is 6.61. The van der Waals surface area contributed by atoms with Crippen molar-refractivity contribution in [1.82, 2.24) is 0 Å². The second kappa shape index (κ2) is 8.78. The van der Waals surface area contributed by atoms with E-state index in [1.807, 2.05) is 19.1 Å². The second-order valence-electron chi connectivity index (χ2n) is 8.62. The van der Waals surface area contributed by atoms with Gasteiger partial charge in [0.25, 0.3) is 5.91 Å². The van der Waals surface area contributed by atoms with Crippen LogP contribution in [0.5, 0.6) is 5.75 Å². The Bertz CT molecular complexity index is 1180. The van der Waals surface area contributed by atoms with Crippen molar-refractivity contribution in [2.24, 2.45) is 23.7 Å². The maximum absolute atomic E-state index is 13.0. The van der Waals surface area contributed by atoms with Crippen LogP contribution < -0.4 is 15.0 Å². The van der Waals surface area contributed by atoms with Gasteiger partial charge in [-0.25, -0.2) is 9.69 Å². The van der Waals surface area contributed by atoms with Crippen molar-refractivity contribution in [2.45, 2.75) is 13.3 Å². The number of carbonyl (C=O) groups is 4. The number of nitrogens with one attached hydrogen (secondary N) is 1. The molecular formula is C26H24N2O6. The summed E-state index contributed by atoms with van der Waals surface area (Å²) in [4.78, 5) is 52.1. The van der Waals surface area contributed by atoms with E-state index in [2.05, 4.69) is 5.32 Å². The van der Waals surface area contributed by atoms with Crippen molar-refractivity contribution < 1.29 is 28.7 Å². The Morgan fingerprint density at radius 1 is 1.00 bits per heavy atom. The molecule has 1 heterocycles. The number of fused-ring (bicyclic) bond motifs is 5. The van der Waals surface area contributed by atoms with Gasteiger partial charge in [0.2, 0.25) is 11.8 Å². The van der Waals surface area contributed by atoms with Gasteiger partial charge in [-0.1, -0.05) is 30.4 Å². The van der Waals surface area contributed by atoms with Crippen molar-refractivity contribution in [3.8, 4) is 5.75 Å². The van der Waals surface area contributed by atoms with E-state index in [4.69, 9.17) is 9.47 Å². The highest BCUT2D eigenvalue weighted by Crippen LogP contribution is 2.53. The molecule has 0 spiro atoms. The highest BCUT2D eigenvalue weighted by atomic mass is 16.5. The number of para-hydroxylation sites is 2. The highest BCUT2D eigenvalue weighted by molar-refractivity contribution is 6.23. The van der Waals surface area contributed by atoms with Crippen LogP contribution in [-0.2, 0) is 19.1 Å². The largest absolute Gasteiger partial charge is 0.492 e. The standard InChI is InChI=1S/C26H24N2O6/c1-2-33-20-9-4-3-8-19(20)27-21(29)14-34-26(32)17-6-5-7-18(13-17)28-24(30)22-15-10-11-16(12-15)23(22)25(28)31/h3-11,13,15-16,22-23H,2,12,14H2,1H3,(H,27,29)/t15-,16-,22-,23+/m0/s1. The lowest BCUT2D eigenvalue weighted by Gasteiger charge is -2.18. The van der Waals surface area contributed by atoms with E-state index >= 15 is 0 Å². The summed E-state index contributed by atoms with van der Waals surface area (Å²) in [5, 5.41) is 2.66. The molecule has 0 radical (unpaired) electrons. The lowest BCUT2D eigenvalue weighted by atomic mass is 9.85. The number of rotatable bonds is 7. The fourth-order valence-electron chi connectivity index (χ4n) is 5.18. The molecule has 1 saturated carbocycles. The van der Waals surface area contributed by atoms with Gasteiger partial charge < -0.3 is 14.8 Å². The lowest BCUT2D eigenvalue weighted by molar-refractivity contribution is -0.123. The van der Waals surface area contributed by atoms with Crippen LogP contribution in [-0.4, -0.2) is 36.9 Å². The summed E-state index contributed by atoms with van der Waals surface area (Å²) < 4.78 is 10.6. The number of carbonyl (C=O) groups excluding carboxylic acids is 4. The topological polar surface area (TPSA) is 102 Å². The minimum Gasteiger partial charge on any atom is -0.492 e. The fraction of sp³-hybridized carbons (Fsp3) is 0.308. The number of esters is 1. The molecule has 3 amide bonds. The summed E-state index contributed by atoms with van der Waals surface area (Å²) >= 11 is 0. The average molecular weight is 460 g/mol. The first-order chi connectivity index (χ1) is 16.5. The molecule has 1 saturated heterocycles. The first-order valence-electron chi connectivity index (χ1n) is 11.3. The van der Waals surface area contributed by atoms with Crippen LogP contribution in [0, 0.1) is 23.7 Å². The van der Waals surface area contributed by atoms with E-state index in [9.17, 15) is 19.2 Å². The van der Waals surface area contributed by atoms with Crippen LogP contribution in [0.15, 0.2) is 60.7 Å². The van der Waals surface area contributed by atoms with Crippen molar-refractivity contribution in [1.29, 1.82) is 0 Å². The summed E-state index contributed by atoms with van der Waals surface area (Å²) in [6.07, 6.45) is 4.92. The van der Waals surface area contributed by atoms with Gasteiger partial charge in [0, 0.05) is 0 Å². The zero-order valence-corrected chi connectivity index (χ0v) is 18.6. The first-order valence-corrected chi connectivity index (χ1v) is 11.3. The van der Waals surface area contributed by atoms with Crippen molar-refractivity contribution in [2.75, 3.05) is 23.4 Å². The molecule has 4 atom stereocenters. The number of allylic oxidation sites excluding steroid dienone is 2. The zero-order valence-electron chi connectivity index (χ0n) is 18.6. The number of hydrogen-bond donors (Lipinski definition) is 1. The Balaban J connectivity index is 1.24. The van der Waals surface area contributed by atoms with Crippen LogP contribution in [0.2, 0.25) is 0 Å². The summed E-state index contributed by atoms with van der Waals surface area (Å²) in [6, 6.07) is 13.2. The van der Waals surface area contributed by atoms with E-state index in [0.717, 1.165) is 6.42 Å². The predicted octanol–water partition coefficient (Wildman–Crippen LogP) is 3.19. The molecule has 1 N–H and O–H groups in total. The Labute approximate surface area is 196 Å². The number of benzene rings is 2. The molecule has 2 fully saturated rings. The van der Waals surface area contributed by atoms with E-state index in [1.165, 1.54) is 17.0 Å². The molecule has 2 aromatic rings. The number of nitrogens with zero attached hydrogens (tertiary/aromatic N) is 1. The van der Waals surface area contributed by atoms with Gasteiger partial charge in [-0.15, -0.1) is 0 Å². The minimum absolute atomic E-state index is 0.107. The minimum atomic E-state index is -0.726. The lowest BCUT2D eigenvalue weighted by Crippen LogP contribution is -2.33. The fourth-order valence-corrected chi connectivity index (χ4v) is 5.18. The number of hydrogen-bond acceptors (Lipinski definition) is 6. The third-order valence-corrected chi connectivity index (χ3v) is 6.61. The molecule has 2 aromatic carbocycles. The van der Waals surface area contributed by atoms with E-state index in [-0.39, 0.29) is 41.0 Å². The second-order valence-corrected chi connectivity index (χ2v) is 8.62. The first kappa shape index (κ1) is 21.9. The number of anilines is 2. The summed E-state index contributed by atoms with van der Waals surface area (Å²) in [5.41, 5.74) is 0.972. The van der Waals surface area contributed by atoms with Gasteiger partial charge in [-0.2, -0.15) is 0 Å². The molecule has 2 aliphatic carbocycles. The predicted molar refractivity (Wildman–Crippen MR) is 123 cm³/mol. The Hall–Kier alpha value is -3.94. The van der Waals surface area contributed by atoms with E-state index in [1.54, 1.807) is 36.4 Å². The molecular weight excluding hydrogens is 436 g/mol. The van der Waals surface area contributed by atoms with Crippen LogP contribution in [0.1, 0.15) is 23.7 Å². The zero-order chi connectivity index (χ0) is 23.8. The number of imide groups is 1. The number of amides is 3. The molecule has 174 valence electrons. The van der Waals surface area contributed by atoms with Gasteiger partial charge in [-0.05, 0) is 55.5 Å². The average Bonchev–Trinajstić information content (AvgIpc) is 3.52. The molecule has 2 bridgehead atoms. The van der Waals surface area contributed by atoms with Gasteiger partial charge >= 0.3 is 5.97 Å². The SMILES string of the molecule is CCOc1ccccc1NC(=O)COC(=O)c1cccc(N2C(=O)[C@@H]3[C@H](C2=O)[C@H]2C=C[C@H]3C2)c1. The molecule has 5 rings (SSSR count). The molecule has 3 aliphatic rings. The van der Waals surface area contributed by atoms with Crippen molar-refractivity contribution in [3.63, 3.8) is 0 Å². The Morgan fingerprint density at radius 3 is 2.41 bits per heavy atom. The normalized spacial score (nSPS) is 24.3. The van der Waals surface area contributed by atoms with Crippen LogP contribution in [0.4, 0.5) is 11.4 Å². The molecule has 8 nitrogen and oxygen atoms in total. The highest BCUT2D eigenvalue weighted by Gasteiger charge is 2.59. The summed E-state index contributed by atoms with van der Waals surface area (Å²) in [5.74, 6) is -1.58. The third kappa shape index (κ3) is 3.75.